The summed E-state index contributed by atoms with van der Waals surface area (Å²) in [5, 5.41) is 0.947. The Morgan fingerprint density at radius 1 is 1.06 bits per heavy atom. The lowest BCUT2D eigenvalue weighted by Crippen LogP contribution is -2.21. The summed E-state index contributed by atoms with van der Waals surface area (Å²) in [4.78, 5) is 19.8. The molecule has 18 heavy (non-hydrogen) atoms. The Balaban J connectivity index is 2.06. The van der Waals surface area contributed by atoms with Crippen molar-refractivity contribution >= 4 is 21.6 Å². The van der Waals surface area contributed by atoms with Gasteiger partial charge in [0.15, 0.2) is 0 Å². The standard InChI is InChI=1S/C14H16N2OS/c17-14-12-9-5-2-1-3-6-10(9)18-13(12)15-11-7-4-8-16(11)14/h1-8H2. The van der Waals surface area contributed by atoms with Gasteiger partial charge in [0, 0.05) is 17.8 Å². The average molecular weight is 260 g/mol. The Kier molecular flexibility index (Phi) is 2.34. The molecule has 0 saturated carbocycles. The van der Waals surface area contributed by atoms with E-state index >= 15 is 0 Å². The topological polar surface area (TPSA) is 34.9 Å². The molecule has 3 nitrogen and oxygen atoms in total. The van der Waals surface area contributed by atoms with Crippen LogP contribution in [-0.4, -0.2) is 9.55 Å². The summed E-state index contributed by atoms with van der Waals surface area (Å²) in [6.07, 6.45) is 8.04. The van der Waals surface area contributed by atoms with E-state index in [4.69, 9.17) is 4.98 Å². The Morgan fingerprint density at radius 2 is 1.94 bits per heavy atom. The van der Waals surface area contributed by atoms with Gasteiger partial charge in [-0.2, -0.15) is 0 Å². The molecule has 1 aliphatic heterocycles. The molecule has 0 amide bonds. The van der Waals surface area contributed by atoms with Crippen LogP contribution >= 0.6 is 11.3 Å². The predicted molar refractivity (Wildman–Crippen MR) is 73.5 cm³/mol. The predicted octanol–water partition coefficient (Wildman–Crippen LogP) is 2.67. The van der Waals surface area contributed by atoms with Crippen molar-refractivity contribution in [2.45, 2.75) is 51.5 Å². The first-order valence-corrected chi connectivity index (χ1v) is 7.70. The van der Waals surface area contributed by atoms with Crippen LogP contribution in [0.1, 0.15) is 41.9 Å². The second-order valence-electron chi connectivity index (χ2n) is 5.33. The minimum atomic E-state index is 0.229. The molecule has 0 spiro atoms. The fourth-order valence-electron chi connectivity index (χ4n) is 3.27. The van der Waals surface area contributed by atoms with Crippen molar-refractivity contribution in [3.05, 3.63) is 26.6 Å². The van der Waals surface area contributed by atoms with E-state index in [1.54, 1.807) is 11.3 Å². The Hall–Kier alpha value is -1.16. The summed E-state index contributed by atoms with van der Waals surface area (Å²) in [6, 6.07) is 0. The molecule has 0 atom stereocenters. The molecule has 0 unspecified atom stereocenters. The fraction of sp³-hybridized carbons (Fsp3) is 0.571. The fourth-order valence-corrected chi connectivity index (χ4v) is 4.54. The van der Waals surface area contributed by atoms with Gasteiger partial charge in [0.1, 0.15) is 10.7 Å². The highest BCUT2D eigenvalue weighted by Crippen LogP contribution is 2.33. The molecular formula is C14H16N2OS. The zero-order valence-corrected chi connectivity index (χ0v) is 11.2. The molecule has 4 rings (SSSR count). The number of rotatable bonds is 0. The monoisotopic (exact) mass is 260 g/mol. The quantitative estimate of drug-likeness (QED) is 0.683. The van der Waals surface area contributed by atoms with Gasteiger partial charge < -0.3 is 0 Å². The van der Waals surface area contributed by atoms with E-state index in [0.717, 1.165) is 48.3 Å². The number of fused-ring (bicyclic) bond motifs is 4. The van der Waals surface area contributed by atoms with E-state index in [2.05, 4.69) is 0 Å². The second kappa shape index (κ2) is 3.92. The maximum absolute atomic E-state index is 12.6. The van der Waals surface area contributed by atoms with Crippen LogP contribution in [0.3, 0.4) is 0 Å². The lowest BCUT2D eigenvalue weighted by molar-refractivity contribution is 0.710. The highest BCUT2D eigenvalue weighted by Gasteiger charge is 2.22. The van der Waals surface area contributed by atoms with Crippen LogP contribution in [0.25, 0.3) is 10.2 Å². The zero-order chi connectivity index (χ0) is 12.1. The third kappa shape index (κ3) is 1.41. The highest BCUT2D eigenvalue weighted by atomic mass is 32.1. The molecule has 2 aromatic rings. The van der Waals surface area contributed by atoms with Gasteiger partial charge in [-0.05, 0) is 37.7 Å². The van der Waals surface area contributed by atoms with Crippen molar-refractivity contribution in [1.29, 1.82) is 0 Å². The summed E-state index contributed by atoms with van der Waals surface area (Å²) < 4.78 is 1.90. The number of hydrogen-bond donors (Lipinski definition) is 0. The molecule has 0 aromatic carbocycles. The van der Waals surface area contributed by atoms with Crippen molar-refractivity contribution in [1.82, 2.24) is 9.55 Å². The lowest BCUT2D eigenvalue weighted by Gasteiger charge is -2.03. The normalized spacial score (nSPS) is 18.7. The molecular weight excluding hydrogens is 244 g/mol. The van der Waals surface area contributed by atoms with Crippen LogP contribution in [0, 0.1) is 0 Å². The number of thiophene rings is 1. The van der Waals surface area contributed by atoms with Gasteiger partial charge in [-0.25, -0.2) is 4.98 Å². The van der Waals surface area contributed by atoms with E-state index in [1.807, 2.05) is 4.57 Å². The molecule has 4 heteroatoms. The summed E-state index contributed by atoms with van der Waals surface area (Å²) in [7, 11) is 0. The van der Waals surface area contributed by atoms with Gasteiger partial charge in [-0.15, -0.1) is 11.3 Å². The first kappa shape index (κ1) is 10.7. The third-order valence-electron chi connectivity index (χ3n) is 4.19. The molecule has 0 radical (unpaired) electrons. The van der Waals surface area contributed by atoms with Gasteiger partial charge in [-0.1, -0.05) is 6.42 Å². The zero-order valence-electron chi connectivity index (χ0n) is 10.4. The summed E-state index contributed by atoms with van der Waals surface area (Å²) >= 11 is 1.77. The van der Waals surface area contributed by atoms with Crippen LogP contribution in [0.5, 0.6) is 0 Å². The van der Waals surface area contributed by atoms with Gasteiger partial charge in [0.25, 0.3) is 5.56 Å². The largest absolute Gasteiger partial charge is 0.296 e. The number of aromatic nitrogens is 2. The van der Waals surface area contributed by atoms with Crippen molar-refractivity contribution in [2.24, 2.45) is 0 Å². The Morgan fingerprint density at radius 3 is 2.89 bits per heavy atom. The number of nitrogens with zero attached hydrogens (tertiary/aromatic N) is 2. The van der Waals surface area contributed by atoms with Crippen LogP contribution in [0.15, 0.2) is 4.79 Å². The third-order valence-corrected chi connectivity index (χ3v) is 5.37. The van der Waals surface area contributed by atoms with E-state index in [9.17, 15) is 4.79 Å². The van der Waals surface area contributed by atoms with Crippen LogP contribution in [-0.2, 0) is 25.8 Å². The van der Waals surface area contributed by atoms with E-state index in [1.165, 1.54) is 29.7 Å². The molecule has 0 fully saturated rings. The van der Waals surface area contributed by atoms with Gasteiger partial charge in [0.2, 0.25) is 0 Å². The minimum absolute atomic E-state index is 0.229. The molecule has 0 saturated heterocycles. The summed E-state index contributed by atoms with van der Waals surface area (Å²) in [5.74, 6) is 1.00. The molecule has 3 heterocycles. The smallest absolute Gasteiger partial charge is 0.262 e. The molecule has 2 aromatic heterocycles. The van der Waals surface area contributed by atoms with Crippen molar-refractivity contribution in [2.75, 3.05) is 0 Å². The Labute approximate surface area is 109 Å². The molecule has 1 aliphatic carbocycles. The SMILES string of the molecule is O=c1c2c3c(sc2nc2n1CCC2)CCCCC3. The van der Waals surface area contributed by atoms with E-state index in [0.29, 0.717) is 0 Å². The first-order valence-electron chi connectivity index (χ1n) is 6.88. The highest BCUT2D eigenvalue weighted by molar-refractivity contribution is 7.18. The second-order valence-corrected chi connectivity index (χ2v) is 6.42. The maximum Gasteiger partial charge on any atom is 0.262 e. The van der Waals surface area contributed by atoms with Crippen molar-refractivity contribution < 1.29 is 0 Å². The summed E-state index contributed by atoms with van der Waals surface area (Å²) in [6.45, 7) is 0.863. The molecule has 2 aliphatic rings. The molecule has 0 N–H and O–H groups in total. The Bertz CT molecular complexity index is 683. The lowest BCUT2D eigenvalue weighted by atomic mass is 10.1. The first-order chi connectivity index (χ1) is 8.84. The van der Waals surface area contributed by atoms with Crippen molar-refractivity contribution in [3.8, 4) is 0 Å². The number of hydrogen-bond acceptors (Lipinski definition) is 3. The van der Waals surface area contributed by atoms with Gasteiger partial charge in [-0.3, -0.25) is 9.36 Å². The maximum atomic E-state index is 12.6. The van der Waals surface area contributed by atoms with Crippen LogP contribution in [0.2, 0.25) is 0 Å². The van der Waals surface area contributed by atoms with Gasteiger partial charge >= 0.3 is 0 Å². The molecule has 0 bridgehead atoms. The molecule has 94 valence electrons. The summed E-state index contributed by atoms with van der Waals surface area (Å²) in [5.41, 5.74) is 1.55. The number of aryl methyl sites for hydroxylation is 3. The van der Waals surface area contributed by atoms with Gasteiger partial charge in [0.05, 0.1) is 5.39 Å². The van der Waals surface area contributed by atoms with Crippen LogP contribution < -0.4 is 5.56 Å². The minimum Gasteiger partial charge on any atom is -0.296 e. The van der Waals surface area contributed by atoms with Crippen LogP contribution in [0.4, 0.5) is 0 Å². The average Bonchev–Trinajstić information content (AvgIpc) is 2.89. The van der Waals surface area contributed by atoms with E-state index < -0.39 is 0 Å². The van der Waals surface area contributed by atoms with E-state index in [-0.39, 0.29) is 5.56 Å². The van der Waals surface area contributed by atoms with Crippen molar-refractivity contribution in [3.63, 3.8) is 0 Å².